The molecular weight excluding hydrogens is 257 g/mol. The third-order valence-electron chi connectivity index (χ3n) is 3.70. The fourth-order valence-electron chi connectivity index (χ4n) is 2.58. The Bertz CT molecular complexity index is 620. The zero-order chi connectivity index (χ0) is 14.1. The van der Waals surface area contributed by atoms with E-state index in [9.17, 15) is 9.18 Å². The van der Waals surface area contributed by atoms with Crippen molar-refractivity contribution in [2.45, 2.75) is 19.5 Å². The van der Waals surface area contributed by atoms with Gasteiger partial charge in [-0.15, -0.1) is 0 Å². The van der Waals surface area contributed by atoms with Gasteiger partial charge in [-0.05, 0) is 43.3 Å². The van der Waals surface area contributed by atoms with E-state index < -0.39 is 0 Å². The maximum atomic E-state index is 12.8. The van der Waals surface area contributed by atoms with E-state index in [1.54, 1.807) is 17.0 Å². The van der Waals surface area contributed by atoms with Crippen LogP contribution >= 0.6 is 0 Å². The summed E-state index contributed by atoms with van der Waals surface area (Å²) in [6.07, 6.45) is 2.03. The number of carbonyl (C=O) groups excluding carboxylic acids is 1. The maximum Gasteiger partial charge on any atom is 0.322 e. The SMILES string of the molecule is CC1c2cccn2CCN1C(=O)Nc1ccc(F)cc1. The number of halogens is 1. The second-order valence-electron chi connectivity index (χ2n) is 4.93. The van der Waals surface area contributed by atoms with Crippen LogP contribution in [0.3, 0.4) is 0 Å². The Kier molecular flexibility index (Phi) is 3.18. The molecule has 1 unspecified atom stereocenters. The van der Waals surface area contributed by atoms with Crippen molar-refractivity contribution in [3.05, 3.63) is 54.1 Å². The molecule has 0 saturated carbocycles. The summed E-state index contributed by atoms with van der Waals surface area (Å²) >= 11 is 0. The highest BCUT2D eigenvalue weighted by Gasteiger charge is 2.27. The van der Waals surface area contributed by atoms with E-state index in [0.29, 0.717) is 12.2 Å². The predicted octanol–water partition coefficient (Wildman–Crippen LogP) is 3.24. The van der Waals surface area contributed by atoms with Crippen molar-refractivity contribution in [2.24, 2.45) is 0 Å². The Morgan fingerprint density at radius 2 is 2.00 bits per heavy atom. The van der Waals surface area contributed by atoms with Gasteiger partial charge in [0.15, 0.2) is 0 Å². The third-order valence-corrected chi connectivity index (χ3v) is 3.70. The monoisotopic (exact) mass is 273 g/mol. The van der Waals surface area contributed by atoms with Gasteiger partial charge >= 0.3 is 6.03 Å². The quantitative estimate of drug-likeness (QED) is 0.851. The lowest BCUT2D eigenvalue weighted by Gasteiger charge is -2.34. The van der Waals surface area contributed by atoms with Crippen LogP contribution in [0.4, 0.5) is 14.9 Å². The topological polar surface area (TPSA) is 37.3 Å². The Morgan fingerprint density at radius 3 is 2.75 bits per heavy atom. The molecule has 3 rings (SSSR count). The van der Waals surface area contributed by atoms with Gasteiger partial charge in [-0.2, -0.15) is 0 Å². The number of hydrogen-bond donors (Lipinski definition) is 1. The molecule has 0 saturated heterocycles. The molecule has 1 aromatic heterocycles. The Labute approximate surface area is 116 Å². The summed E-state index contributed by atoms with van der Waals surface area (Å²) in [4.78, 5) is 14.1. The van der Waals surface area contributed by atoms with Crippen LogP contribution in [-0.4, -0.2) is 22.0 Å². The van der Waals surface area contributed by atoms with Crippen molar-refractivity contribution in [3.63, 3.8) is 0 Å². The smallest absolute Gasteiger partial charge is 0.322 e. The van der Waals surface area contributed by atoms with Crippen LogP contribution in [0.5, 0.6) is 0 Å². The van der Waals surface area contributed by atoms with Gasteiger partial charge in [0, 0.05) is 30.7 Å². The van der Waals surface area contributed by atoms with Gasteiger partial charge in [0.1, 0.15) is 5.82 Å². The first-order chi connectivity index (χ1) is 9.65. The normalized spacial score (nSPS) is 17.7. The van der Waals surface area contributed by atoms with Gasteiger partial charge in [-0.1, -0.05) is 0 Å². The Balaban J connectivity index is 1.73. The molecule has 1 N–H and O–H groups in total. The molecule has 5 heteroatoms. The minimum absolute atomic E-state index is 0.0270. The Morgan fingerprint density at radius 1 is 1.25 bits per heavy atom. The van der Waals surface area contributed by atoms with E-state index in [-0.39, 0.29) is 17.9 Å². The molecule has 2 heterocycles. The second-order valence-corrected chi connectivity index (χ2v) is 4.93. The van der Waals surface area contributed by atoms with Crippen LogP contribution in [0, 0.1) is 5.82 Å². The lowest BCUT2D eigenvalue weighted by molar-refractivity contribution is 0.175. The summed E-state index contributed by atoms with van der Waals surface area (Å²) < 4.78 is 15.0. The van der Waals surface area contributed by atoms with Crippen molar-refractivity contribution in [1.82, 2.24) is 9.47 Å². The first-order valence-electron chi connectivity index (χ1n) is 6.63. The number of aromatic nitrogens is 1. The van der Waals surface area contributed by atoms with Crippen LogP contribution in [-0.2, 0) is 6.54 Å². The van der Waals surface area contributed by atoms with Gasteiger partial charge in [0.2, 0.25) is 0 Å². The summed E-state index contributed by atoms with van der Waals surface area (Å²) in [6.45, 7) is 3.47. The molecule has 1 aliphatic rings. The molecule has 0 fully saturated rings. The molecule has 0 spiro atoms. The molecule has 0 aliphatic carbocycles. The minimum Gasteiger partial charge on any atom is -0.348 e. The molecular formula is C15H16FN3O. The molecule has 4 nitrogen and oxygen atoms in total. The predicted molar refractivity (Wildman–Crippen MR) is 75.0 cm³/mol. The number of carbonyl (C=O) groups is 1. The average Bonchev–Trinajstić information content (AvgIpc) is 2.91. The molecule has 2 amide bonds. The summed E-state index contributed by atoms with van der Waals surface area (Å²) in [7, 11) is 0. The van der Waals surface area contributed by atoms with E-state index in [1.807, 2.05) is 25.3 Å². The minimum atomic E-state index is -0.313. The fraction of sp³-hybridized carbons (Fsp3) is 0.267. The zero-order valence-corrected chi connectivity index (χ0v) is 11.2. The highest BCUT2D eigenvalue weighted by atomic mass is 19.1. The lowest BCUT2D eigenvalue weighted by atomic mass is 10.1. The number of hydrogen-bond acceptors (Lipinski definition) is 1. The number of nitrogens with zero attached hydrogens (tertiary/aromatic N) is 2. The van der Waals surface area contributed by atoms with Gasteiger partial charge in [-0.3, -0.25) is 0 Å². The van der Waals surface area contributed by atoms with E-state index >= 15 is 0 Å². The van der Waals surface area contributed by atoms with E-state index in [1.165, 1.54) is 12.1 Å². The largest absolute Gasteiger partial charge is 0.348 e. The van der Waals surface area contributed by atoms with Gasteiger partial charge in [0.25, 0.3) is 0 Å². The number of anilines is 1. The number of urea groups is 1. The highest BCUT2D eigenvalue weighted by molar-refractivity contribution is 5.89. The van der Waals surface area contributed by atoms with Crippen molar-refractivity contribution in [1.29, 1.82) is 0 Å². The van der Waals surface area contributed by atoms with Crippen molar-refractivity contribution in [2.75, 3.05) is 11.9 Å². The van der Waals surface area contributed by atoms with Crippen LogP contribution in [0.1, 0.15) is 18.7 Å². The average molecular weight is 273 g/mol. The van der Waals surface area contributed by atoms with E-state index in [4.69, 9.17) is 0 Å². The molecule has 1 aliphatic heterocycles. The van der Waals surface area contributed by atoms with Crippen LogP contribution in [0.25, 0.3) is 0 Å². The first-order valence-corrected chi connectivity index (χ1v) is 6.63. The van der Waals surface area contributed by atoms with Crippen LogP contribution in [0.2, 0.25) is 0 Å². The van der Waals surface area contributed by atoms with Crippen LogP contribution in [0.15, 0.2) is 42.6 Å². The number of amides is 2. The van der Waals surface area contributed by atoms with E-state index in [0.717, 1.165) is 12.2 Å². The summed E-state index contributed by atoms with van der Waals surface area (Å²) in [5.74, 6) is -0.313. The summed E-state index contributed by atoms with van der Waals surface area (Å²) in [5.41, 5.74) is 1.73. The lowest BCUT2D eigenvalue weighted by Crippen LogP contribution is -2.42. The van der Waals surface area contributed by atoms with Gasteiger partial charge < -0.3 is 14.8 Å². The number of fused-ring (bicyclic) bond motifs is 1. The maximum absolute atomic E-state index is 12.8. The molecule has 1 atom stereocenters. The number of rotatable bonds is 1. The first kappa shape index (κ1) is 12.7. The molecule has 20 heavy (non-hydrogen) atoms. The van der Waals surface area contributed by atoms with Crippen molar-refractivity contribution < 1.29 is 9.18 Å². The fourth-order valence-corrected chi connectivity index (χ4v) is 2.58. The number of benzene rings is 1. The molecule has 1 aromatic carbocycles. The Hall–Kier alpha value is -2.30. The third kappa shape index (κ3) is 2.27. The highest BCUT2D eigenvalue weighted by Crippen LogP contribution is 2.25. The molecule has 0 radical (unpaired) electrons. The van der Waals surface area contributed by atoms with Gasteiger partial charge in [-0.25, -0.2) is 9.18 Å². The standard InChI is InChI=1S/C15H16FN3O/c1-11-14-3-2-8-18(14)9-10-19(11)15(20)17-13-6-4-12(16)5-7-13/h2-8,11H,9-10H2,1H3,(H,17,20). The van der Waals surface area contributed by atoms with Crippen molar-refractivity contribution >= 4 is 11.7 Å². The second kappa shape index (κ2) is 5.00. The van der Waals surface area contributed by atoms with Crippen LogP contribution < -0.4 is 5.32 Å². The van der Waals surface area contributed by atoms with E-state index in [2.05, 4.69) is 9.88 Å². The molecule has 0 bridgehead atoms. The van der Waals surface area contributed by atoms with Gasteiger partial charge in [0.05, 0.1) is 6.04 Å². The van der Waals surface area contributed by atoms with Crippen molar-refractivity contribution in [3.8, 4) is 0 Å². The number of nitrogens with one attached hydrogen (secondary N) is 1. The summed E-state index contributed by atoms with van der Waals surface area (Å²) in [5, 5.41) is 2.80. The summed E-state index contributed by atoms with van der Waals surface area (Å²) in [6, 6.07) is 9.68. The molecule has 104 valence electrons. The molecule has 2 aromatic rings. The zero-order valence-electron chi connectivity index (χ0n) is 11.2.